The van der Waals surface area contributed by atoms with Gasteiger partial charge in [-0.3, -0.25) is 9.59 Å². The smallest absolute Gasteiger partial charge is 0.328 e. The van der Waals surface area contributed by atoms with Crippen molar-refractivity contribution in [3.05, 3.63) is 64.1 Å². The Bertz CT molecular complexity index is 788. The van der Waals surface area contributed by atoms with Gasteiger partial charge in [-0.15, -0.1) is 0 Å². The Morgan fingerprint density at radius 2 is 1.65 bits per heavy atom. The number of methoxy groups -OCH3 is 1. The van der Waals surface area contributed by atoms with Crippen LogP contribution < -0.4 is 10.6 Å². The lowest BCUT2D eigenvalue weighted by atomic mass is 10.1. The molecule has 0 saturated heterocycles. The number of anilines is 1. The van der Waals surface area contributed by atoms with Gasteiger partial charge in [-0.05, 0) is 42.0 Å². The fraction of sp³-hybridized carbons (Fsp3) is 0.211. The summed E-state index contributed by atoms with van der Waals surface area (Å²) in [5, 5.41) is 5.32. The number of rotatable bonds is 6. The van der Waals surface area contributed by atoms with E-state index in [1.165, 1.54) is 14.0 Å². The van der Waals surface area contributed by atoms with Crippen LogP contribution in [0.25, 0.3) is 0 Å². The maximum atomic E-state index is 12.4. The quantitative estimate of drug-likeness (QED) is 0.706. The van der Waals surface area contributed by atoms with Crippen LogP contribution in [0.3, 0.4) is 0 Å². The average Bonchev–Trinajstić information content (AvgIpc) is 2.62. The van der Waals surface area contributed by atoms with E-state index in [0.717, 1.165) is 10.0 Å². The first-order valence-corrected chi connectivity index (χ1v) is 8.69. The van der Waals surface area contributed by atoms with E-state index in [0.29, 0.717) is 17.7 Å². The van der Waals surface area contributed by atoms with Gasteiger partial charge in [0.2, 0.25) is 5.91 Å². The third-order valence-corrected chi connectivity index (χ3v) is 4.14. The zero-order valence-electron chi connectivity index (χ0n) is 14.4. The molecule has 7 heteroatoms. The summed E-state index contributed by atoms with van der Waals surface area (Å²) >= 11 is 3.36. The highest BCUT2D eigenvalue weighted by Crippen LogP contribution is 2.13. The number of benzene rings is 2. The number of hydrogen-bond donors (Lipinski definition) is 2. The second kappa shape index (κ2) is 9.15. The number of hydrogen-bond acceptors (Lipinski definition) is 4. The van der Waals surface area contributed by atoms with Crippen LogP contribution in [0, 0.1) is 0 Å². The van der Waals surface area contributed by atoms with Crippen LogP contribution in [0.5, 0.6) is 0 Å². The zero-order valence-corrected chi connectivity index (χ0v) is 16.0. The lowest BCUT2D eigenvalue weighted by Crippen LogP contribution is -2.43. The molecule has 2 aromatic rings. The van der Waals surface area contributed by atoms with Crippen molar-refractivity contribution < 1.29 is 19.1 Å². The van der Waals surface area contributed by atoms with Crippen molar-refractivity contribution in [2.45, 2.75) is 19.4 Å². The topological polar surface area (TPSA) is 84.5 Å². The minimum absolute atomic E-state index is 0.192. The van der Waals surface area contributed by atoms with E-state index in [-0.39, 0.29) is 5.91 Å². The van der Waals surface area contributed by atoms with Crippen LogP contribution in [0.4, 0.5) is 5.69 Å². The number of carbonyl (C=O) groups excluding carboxylic acids is 3. The Balaban J connectivity index is 2.09. The Labute approximate surface area is 160 Å². The molecule has 0 saturated carbocycles. The van der Waals surface area contributed by atoms with Gasteiger partial charge in [0.25, 0.3) is 5.91 Å². The summed E-state index contributed by atoms with van der Waals surface area (Å²) in [6.45, 7) is 1.41. The fourth-order valence-electron chi connectivity index (χ4n) is 2.34. The molecular formula is C19H19BrN2O4. The number of esters is 1. The van der Waals surface area contributed by atoms with Crippen molar-refractivity contribution in [3.63, 3.8) is 0 Å². The van der Waals surface area contributed by atoms with Crippen LogP contribution in [0.15, 0.2) is 53.0 Å². The first kappa shape index (κ1) is 19.7. The average molecular weight is 419 g/mol. The molecule has 0 spiro atoms. The number of amides is 2. The maximum absolute atomic E-state index is 12.4. The molecule has 0 radical (unpaired) electrons. The predicted octanol–water partition coefficient (Wildman–Crippen LogP) is 2.92. The molecule has 26 heavy (non-hydrogen) atoms. The fourth-order valence-corrected chi connectivity index (χ4v) is 2.61. The van der Waals surface area contributed by atoms with Crippen molar-refractivity contribution in [3.8, 4) is 0 Å². The second-order valence-electron chi connectivity index (χ2n) is 5.64. The van der Waals surface area contributed by atoms with Gasteiger partial charge in [-0.25, -0.2) is 4.79 Å². The molecule has 0 aliphatic rings. The lowest BCUT2D eigenvalue weighted by Gasteiger charge is -2.17. The molecule has 0 aliphatic heterocycles. The summed E-state index contributed by atoms with van der Waals surface area (Å²) < 4.78 is 5.73. The number of carbonyl (C=O) groups is 3. The molecule has 0 bridgehead atoms. The number of halogens is 1. The van der Waals surface area contributed by atoms with Crippen molar-refractivity contribution in [2.75, 3.05) is 12.4 Å². The highest BCUT2D eigenvalue weighted by molar-refractivity contribution is 9.10. The van der Waals surface area contributed by atoms with Gasteiger partial charge in [0.1, 0.15) is 6.04 Å². The molecule has 2 aromatic carbocycles. The van der Waals surface area contributed by atoms with Gasteiger partial charge >= 0.3 is 5.97 Å². The molecule has 2 N–H and O–H groups in total. The van der Waals surface area contributed by atoms with E-state index in [2.05, 4.69) is 26.6 Å². The van der Waals surface area contributed by atoms with Crippen molar-refractivity contribution >= 4 is 39.4 Å². The van der Waals surface area contributed by atoms with Crippen molar-refractivity contribution in [1.82, 2.24) is 5.32 Å². The summed E-state index contributed by atoms with van der Waals surface area (Å²) in [4.78, 5) is 35.5. The molecule has 136 valence electrons. The highest BCUT2D eigenvalue weighted by Gasteiger charge is 2.22. The van der Waals surface area contributed by atoms with E-state index < -0.39 is 17.9 Å². The summed E-state index contributed by atoms with van der Waals surface area (Å²) in [5.74, 6) is -1.11. The van der Waals surface area contributed by atoms with Gasteiger partial charge < -0.3 is 15.4 Å². The normalized spacial score (nSPS) is 11.3. The van der Waals surface area contributed by atoms with Gasteiger partial charge in [0.05, 0.1) is 7.11 Å². The number of ether oxygens (including phenoxy) is 1. The molecular weight excluding hydrogens is 400 g/mol. The minimum atomic E-state index is -0.802. The maximum Gasteiger partial charge on any atom is 0.328 e. The second-order valence-corrected chi connectivity index (χ2v) is 6.55. The van der Waals surface area contributed by atoms with E-state index in [1.54, 1.807) is 24.3 Å². The molecule has 2 rings (SSSR count). The molecule has 0 heterocycles. The molecule has 0 fully saturated rings. The van der Waals surface area contributed by atoms with E-state index in [4.69, 9.17) is 4.74 Å². The number of nitrogens with one attached hydrogen (secondary N) is 2. The first-order valence-electron chi connectivity index (χ1n) is 7.90. The molecule has 0 aromatic heterocycles. The molecule has 6 nitrogen and oxygen atoms in total. The van der Waals surface area contributed by atoms with Gasteiger partial charge in [-0.1, -0.05) is 28.1 Å². The highest BCUT2D eigenvalue weighted by atomic mass is 79.9. The predicted molar refractivity (Wildman–Crippen MR) is 102 cm³/mol. The molecule has 0 unspecified atom stereocenters. The third kappa shape index (κ3) is 5.70. The van der Waals surface area contributed by atoms with E-state index >= 15 is 0 Å². The largest absolute Gasteiger partial charge is 0.467 e. The Hall–Kier alpha value is -2.67. The summed E-state index contributed by atoms with van der Waals surface area (Å²) in [6, 6.07) is 13.1. The lowest BCUT2D eigenvalue weighted by molar-refractivity contribution is -0.142. The van der Waals surface area contributed by atoms with Crippen LogP contribution in [0.1, 0.15) is 22.8 Å². The Morgan fingerprint density at radius 3 is 2.19 bits per heavy atom. The third-order valence-electron chi connectivity index (χ3n) is 3.61. The van der Waals surface area contributed by atoms with Crippen molar-refractivity contribution in [2.24, 2.45) is 0 Å². The molecule has 1 atom stereocenters. The summed E-state index contributed by atoms with van der Waals surface area (Å²) in [6.07, 6.45) is 0.315. The Morgan fingerprint density at radius 1 is 1.04 bits per heavy atom. The van der Waals surface area contributed by atoms with Gasteiger partial charge in [0.15, 0.2) is 0 Å². The monoisotopic (exact) mass is 418 g/mol. The van der Waals surface area contributed by atoms with Gasteiger partial charge in [0, 0.05) is 29.1 Å². The zero-order chi connectivity index (χ0) is 19.1. The van der Waals surface area contributed by atoms with E-state index in [9.17, 15) is 14.4 Å². The van der Waals surface area contributed by atoms with E-state index in [1.807, 2.05) is 24.3 Å². The van der Waals surface area contributed by atoms with Crippen LogP contribution >= 0.6 is 15.9 Å². The molecule has 2 amide bonds. The SMILES string of the molecule is COC(=O)[C@H](Cc1ccc(Br)cc1)NC(=O)c1ccc(NC(C)=O)cc1. The first-order chi connectivity index (χ1) is 12.4. The summed E-state index contributed by atoms with van der Waals surface area (Å²) in [7, 11) is 1.28. The van der Waals surface area contributed by atoms with Crippen LogP contribution in [-0.2, 0) is 20.7 Å². The van der Waals surface area contributed by atoms with Gasteiger partial charge in [-0.2, -0.15) is 0 Å². The van der Waals surface area contributed by atoms with Crippen molar-refractivity contribution in [1.29, 1.82) is 0 Å². The standard InChI is InChI=1S/C19H19BrN2O4/c1-12(23)21-16-9-5-14(6-10-16)18(24)22-17(19(25)26-2)11-13-3-7-15(20)8-4-13/h3-10,17H,11H2,1-2H3,(H,21,23)(H,22,24)/t17-/m0/s1. The summed E-state index contributed by atoms with van der Waals surface area (Å²) in [5.41, 5.74) is 1.86. The Kier molecular flexibility index (Phi) is 6.91. The van der Waals surface area contributed by atoms with Crippen LogP contribution in [0.2, 0.25) is 0 Å². The van der Waals surface area contributed by atoms with Crippen LogP contribution in [-0.4, -0.2) is 30.9 Å². The molecule has 0 aliphatic carbocycles. The minimum Gasteiger partial charge on any atom is -0.467 e.